The molecule has 0 saturated heterocycles. The summed E-state index contributed by atoms with van der Waals surface area (Å²) in [6.07, 6.45) is 0.749. The predicted octanol–water partition coefficient (Wildman–Crippen LogP) is 2.73. The van der Waals surface area contributed by atoms with Crippen molar-refractivity contribution in [3.63, 3.8) is 0 Å². The molecule has 0 heterocycles. The van der Waals surface area contributed by atoms with Gasteiger partial charge in [-0.05, 0) is 29.8 Å². The number of carbonyl (C=O) groups excluding carboxylic acids is 1. The van der Waals surface area contributed by atoms with Crippen molar-refractivity contribution in [2.45, 2.75) is 6.92 Å². The molecule has 0 amide bonds. The van der Waals surface area contributed by atoms with E-state index in [0.717, 1.165) is 17.4 Å². The molecule has 15 heavy (non-hydrogen) atoms. The van der Waals surface area contributed by atoms with Gasteiger partial charge in [0.1, 0.15) is 12.4 Å². The van der Waals surface area contributed by atoms with Crippen molar-refractivity contribution in [1.82, 2.24) is 0 Å². The van der Waals surface area contributed by atoms with Crippen LogP contribution in [0.1, 0.15) is 5.56 Å². The highest BCUT2D eigenvalue weighted by Crippen LogP contribution is 2.21. The van der Waals surface area contributed by atoms with Gasteiger partial charge in [0.15, 0.2) is 6.29 Å². The number of hydrogen-bond acceptors (Lipinski definition) is 2. The van der Waals surface area contributed by atoms with Gasteiger partial charge in [0.2, 0.25) is 0 Å². The van der Waals surface area contributed by atoms with Gasteiger partial charge in [-0.15, -0.1) is 0 Å². The fourth-order valence-electron chi connectivity index (χ4n) is 1.56. The molecule has 0 saturated carbocycles. The molecule has 2 rings (SSSR count). The molecule has 0 fully saturated rings. The molecule has 0 aliphatic heterocycles. The molecule has 0 atom stereocenters. The fraction of sp³-hybridized carbons (Fsp3) is 0.154. The Balaban J connectivity index is 2.38. The van der Waals surface area contributed by atoms with Crippen molar-refractivity contribution in [2.24, 2.45) is 0 Å². The number of benzene rings is 2. The molecule has 0 spiro atoms. The summed E-state index contributed by atoms with van der Waals surface area (Å²) >= 11 is 0. The smallest absolute Gasteiger partial charge is 0.157 e. The Morgan fingerprint density at radius 1 is 1.13 bits per heavy atom. The van der Waals surface area contributed by atoms with Crippen LogP contribution in [0.25, 0.3) is 10.8 Å². The summed E-state index contributed by atoms with van der Waals surface area (Å²) in [6, 6.07) is 12.1. The first-order valence-electron chi connectivity index (χ1n) is 4.86. The van der Waals surface area contributed by atoms with Crippen LogP contribution < -0.4 is 4.74 Å². The molecule has 0 N–H and O–H groups in total. The standard InChI is InChI=1S/C13H12O2/c1-10-2-3-12-9-13(15-7-6-14)5-4-11(12)8-10/h2-6,8-9H,7H2,1H3. The summed E-state index contributed by atoms with van der Waals surface area (Å²) in [6.45, 7) is 2.17. The molecule has 0 unspecified atom stereocenters. The molecule has 0 radical (unpaired) electrons. The zero-order chi connectivity index (χ0) is 10.7. The van der Waals surface area contributed by atoms with Crippen molar-refractivity contribution in [3.8, 4) is 5.75 Å². The van der Waals surface area contributed by atoms with E-state index in [1.807, 2.05) is 18.2 Å². The summed E-state index contributed by atoms with van der Waals surface area (Å²) in [5.41, 5.74) is 1.24. The lowest BCUT2D eigenvalue weighted by Crippen LogP contribution is -1.97. The number of hydrogen-bond donors (Lipinski definition) is 0. The van der Waals surface area contributed by atoms with Gasteiger partial charge in [0, 0.05) is 0 Å². The average Bonchev–Trinajstić information content (AvgIpc) is 2.26. The Bertz CT molecular complexity index is 489. The van der Waals surface area contributed by atoms with Crippen LogP contribution in [0, 0.1) is 6.92 Å². The van der Waals surface area contributed by atoms with Gasteiger partial charge in [0.05, 0.1) is 0 Å². The third-order valence-electron chi connectivity index (χ3n) is 2.29. The minimum Gasteiger partial charge on any atom is -0.486 e. The molecule has 76 valence electrons. The van der Waals surface area contributed by atoms with E-state index in [4.69, 9.17) is 4.74 Å². The fourth-order valence-corrected chi connectivity index (χ4v) is 1.56. The first kappa shape index (κ1) is 9.71. The Kier molecular flexibility index (Phi) is 2.68. The van der Waals surface area contributed by atoms with Gasteiger partial charge in [0.25, 0.3) is 0 Å². The van der Waals surface area contributed by atoms with E-state index in [9.17, 15) is 4.79 Å². The third-order valence-corrected chi connectivity index (χ3v) is 2.29. The third kappa shape index (κ3) is 2.15. The van der Waals surface area contributed by atoms with E-state index in [-0.39, 0.29) is 6.61 Å². The van der Waals surface area contributed by atoms with Gasteiger partial charge in [-0.3, -0.25) is 4.79 Å². The minimum absolute atomic E-state index is 0.109. The largest absolute Gasteiger partial charge is 0.486 e. The molecule has 0 aliphatic carbocycles. The Labute approximate surface area is 88.5 Å². The number of aldehydes is 1. The van der Waals surface area contributed by atoms with Crippen LogP contribution in [0.3, 0.4) is 0 Å². The van der Waals surface area contributed by atoms with Crippen molar-refractivity contribution in [1.29, 1.82) is 0 Å². The summed E-state index contributed by atoms with van der Waals surface area (Å²) in [7, 11) is 0. The lowest BCUT2D eigenvalue weighted by Gasteiger charge is -2.04. The first-order valence-corrected chi connectivity index (χ1v) is 4.86. The molecule has 0 bridgehead atoms. The van der Waals surface area contributed by atoms with Gasteiger partial charge in [-0.1, -0.05) is 29.8 Å². The Hall–Kier alpha value is -1.83. The monoisotopic (exact) mass is 200 g/mol. The maximum absolute atomic E-state index is 10.2. The van der Waals surface area contributed by atoms with Crippen molar-refractivity contribution < 1.29 is 9.53 Å². The van der Waals surface area contributed by atoms with Crippen LogP contribution >= 0.6 is 0 Å². The van der Waals surface area contributed by atoms with Gasteiger partial charge in [-0.2, -0.15) is 0 Å². The normalized spacial score (nSPS) is 10.2. The second-order valence-electron chi connectivity index (χ2n) is 3.49. The molecular formula is C13H12O2. The van der Waals surface area contributed by atoms with E-state index in [2.05, 4.69) is 25.1 Å². The maximum Gasteiger partial charge on any atom is 0.157 e. The van der Waals surface area contributed by atoms with Gasteiger partial charge in [-0.25, -0.2) is 0 Å². The van der Waals surface area contributed by atoms with Crippen molar-refractivity contribution >= 4 is 17.1 Å². The van der Waals surface area contributed by atoms with Crippen LogP contribution in [0.5, 0.6) is 5.75 Å². The van der Waals surface area contributed by atoms with E-state index in [1.165, 1.54) is 10.9 Å². The first-order chi connectivity index (χ1) is 7.29. The molecule has 2 aromatic rings. The van der Waals surface area contributed by atoms with E-state index < -0.39 is 0 Å². The lowest BCUT2D eigenvalue weighted by molar-refractivity contribution is -0.109. The molecular weight excluding hydrogens is 188 g/mol. The number of fused-ring (bicyclic) bond motifs is 1. The topological polar surface area (TPSA) is 26.3 Å². The number of carbonyl (C=O) groups is 1. The lowest BCUT2D eigenvalue weighted by atomic mass is 10.1. The van der Waals surface area contributed by atoms with E-state index in [0.29, 0.717) is 0 Å². The molecule has 0 aliphatic rings. The molecule has 2 heteroatoms. The minimum atomic E-state index is 0.109. The summed E-state index contributed by atoms with van der Waals surface area (Å²) < 4.78 is 5.23. The van der Waals surface area contributed by atoms with Gasteiger partial charge >= 0.3 is 0 Å². The van der Waals surface area contributed by atoms with E-state index >= 15 is 0 Å². The number of rotatable bonds is 3. The maximum atomic E-state index is 10.2. The Morgan fingerprint density at radius 3 is 2.67 bits per heavy atom. The molecule has 2 nitrogen and oxygen atoms in total. The molecule has 0 aromatic heterocycles. The number of ether oxygens (including phenoxy) is 1. The quantitative estimate of drug-likeness (QED) is 0.712. The SMILES string of the molecule is Cc1ccc2cc(OCC=O)ccc2c1. The zero-order valence-corrected chi connectivity index (χ0v) is 8.57. The van der Waals surface area contributed by atoms with Crippen LogP contribution in [-0.4, -0.2) is 12.9 Å². The highest BCUT2D eigenvalue weighted by molar-refractivity contribution is 5.84. The van der Waals surface area contributed by atoms with E-state index in [1.54, 1.807) is 0 Å². The molecule has 2 aromatic carbocycles. The average molecular weight is 200 g/mol. The predicted molar refractivity (Wildman–Crippen MR) is 60.2 cm³/mol. The van der Waals surface area contributed by atoms with Gasteiger partial charge < -0.3 is 4.74 Å². The summed E-state index contributed by atoms with van der Waals surface area (Å²) in [4.78, 5) is 10.2. The highest BCUT2D eigenvalue weighted by Gasteiger charge is 1.97. The van der Waals surface area contributed by atoms with Crippen LogP contribution in [0.15, 0.2) is 36.4 Å². The van der Waals surface area contributed by atoms with Crippen LogP contribution in [0.2, 0.25) is 0 Å². The summed E-state index contributed by atoms with van der Waals surface area (Å²) in [5.74, 6) is 0.735. The highest BCUT2D eigenvalue weighted by atomic mass is 16.5. The van der Waals surface area contributed by atoms with Crippen molar-refractivity contribution in [2.75, 3.05) is 6.61 Å². The Morgan fingerprint density at radius 2 is 1.87 bits per heavy atom. The number of aryl methyl sites for hydroxylation is 1. The van der Waals surface area contributed by atoms with Crippen LogP contribution in [-0.2, 0) is 4.79 Å². The second kappa shape index (κ2) is 4.13. The van der Waals surface area contributed by atoms with Crippen LogP contribution in [0.4, 0.5) is 0 Å². The zero-order valence-electron chi connectivity index (χ0n) is 8.57. The second-order valence-corrected chi connectivity index (χ2v) is 3.49. The van der Waals surface area contributed by atoms with Crippen molar-refractivity contribution in [3.05, 3.63) is 42.0 Å². The summed E-state index contributed by atoms with van der Waals surface area (Å²) in [5, 5.41) is 2.32.